The Balaban J connectivity index is 1.74. The molecule has 4 heteroatoms. The molecule has 2 saturated heterocycles. The van der Waals surface area contributed by atoms with Crippen molar-refractivity contribution in [3.63, 3.8) is 0 Å². The second-order valence-corrected chi connectivity index (χ2v) is 6.26. The van der Waals surface area contributed by atoms with E-state index < -0.39 is 0 Å². The maximum absolute atomic E-state index is 12.3. The number of piperidine rings is 2. The molecule has 0 aromatic rings. The highest BCUT2D eigenvalue weighted by atomic mass is 16.2. The van der Waals surface area contributed by atoms with E-state index in [1.807, 2.05) is 0 Å². The highest BCUT2D eigenvalue weighted by Gasteiger charge is 2.26. The second kappa shape index (κ2) is 7.25. The molecule has 2 aliphatic heterocycles. The third kappa shape index (κ3) is 4.46. The number of nitrogens with zero attached hydrogens (tertiary/aromatic N) is 2. The zero-order valence-electron chi connectivity index (χ0n) is 12.5. The van der Waals surface area contributed by atoms with Gasteiger partial charge in [0.1, 0.15) is 0 Å². The summed E-state index contributed by atoms with van der Waals surface area (Å²) in [6.45, 7) is 6.59. The van der Waals surface area contributed by atoms with Crippen LogP contribution >= 0.6 is 0 Å². The molecule has 4 nitrogen and oxygen atoms in total. The van der Waals surface area contributed by atoms with Crippen molar-refractivity contribution in [2.45, 2.75) is 57.5 Å². The average Bonchev–Trinajstić information content (AvgIpc) is 2.40. The predicted octanol–water partition coefficient (Wildman–Crippen LogP) is 1.46. The fraction of sp³-hybridized carbons (Fsp3) is 0.933. The van der Waals surface area contributed by atoms with Crippen molar-refractivity contribution in [3.8, 4) is 0 Å². The molecule has 2 aliphatic rings. The lowest BCUT2D eigenvalue weighted by Crippen LogP contribution is -2.52. The van der Waals surface area contributed by atoms with Gasteiger partial charge in [-0.1, -0.05) is 12.8 Å². The van der Waals surface area contributed by atoms with E-state index in [4.69, 9.17) is 0 Å². The van der Waals surface area contributed by atoms with Gasteiger partial charge in [-0.25, -0.2) is 0 Å². The van der Waals surface area contributed by atoms with Gasteiger partial charge in [-0.2, -0.15) is 0 Å². The molecule has 19 heavy (non-hydrogen) atoms. The first-order chi connectivity index (χ1) is 9.16. The lowest BCUT2D eigenvalue weighted by molar-refractivity contribution is -0.127. The summed E-state index contributed by atoms with van der Waals surface area (Å²) in [6.07, 6.45) is 7.41. The van der Waals surface area contributed by atoms with Crippen molar-refractivity contribution >= 4 is 5.91 Å². The first-order valence-corrected chi connectivity index (χ1v) is 7.90. The van der Waals surface area contributed by atoms with E-state index in [1.165, 1.54) is 45.2 Å². The van der Waals surface area contributed by atoms with Gasteiger partial charge >= 0.3 is 0 Å². The summed E-state index contributed by atoms with van der Waals surface area (Å²) >= 11 is 0. The summed E-state index contributed by atoms with van der Waals surface area (Å²) in [4.78, 5) is 17.0. The fourth-order valence-electron chi connectivity index (χ4n) is 3.32. The quantitative estimate of drug-likeness (QED) is 0.837. The van der Waals surface area contributed by atoms with Crippen LogP contribution in [0.5, 0.6) is 0 Å². The molecule has 2 rings (SSSR count). The number of hydrogen-bond acceptors (Lipinski definition) is 3. The molecule has 0 spiro atoms. The van der Waals surface area contributed by atoms with Crippen LogP contribution in [0.15, 0.2) is 0 Å². The molecule has 2 fully saturated rings. The Labute approximate surface area is 117 Å². The Kier molecular flexibility index (Phi) is 5.64. The average molecular weight is 267 g/mol. The number of carbonyl (C=O) groups excluding carboxylic acids is 1. The van der Waals surface area contributed by atoms with E-state index >= 15 is 0 Å². The second-order valence-electron chi connectivity index (χ2n) is 6.26. The monoisotopic (exact) mass is 267 g/mol. The van der Waals surface area contributed by atoms with Gasteiger partial charge in [-0.05, 0) is 59.3 Å². The molecular weight excluding hydrogens is 238 g/mol. The zero-order chi connectivity index (χ0) is 13.7. The molecule has 2 atom stereocenters. The number of carbonyl (C=O) groups is 1. The van der Waals surface area contributed by atoms with Crippen LogP contribution in [-0.2, 0) is 4.79 Å². The van der Waals surface area contributed by atoms with Crippen molar-refractivity contribution < 1.29 is 4.79 Å². The smallest absolute Gasteiger partial charge is 0.237 e. The van der Waals surface area contributed by atoms with Gasteiger partial charge in [0.2, 0.25) is 5.91 Å². The minimum atomic E-state index is 0.0950. The predicted molar refractivity (Wildman–Crippen MR) is 78.2 cm³/mol. The van der Waals surface area contributed by atoms with E-state index in [0.29, 0.717) is 0 Å². The first kappa shape index (κ1) is 14.8. The molecule has 2 unspecified atom stereocenters. The first-order valence-electron chi connectivity index (χ1n) is 7.90. The Morgan fingerprint density at radius 3 is 2.53 bits per heavy atom. The van der Waals surface area contributed by atoms with Crippen molar-refractivity contribution in [2.24, 2.45) is 0 Å². The van der Waals surface area contributed by atoms with Crippen LogP contribution in [0, 0.1) is 0 Å². The topological polar surface area (TPSA) is 35.6 Å². The summed E-state index contributed by atoms with van der Waals surface area (Å²) in [5.74, 6) is 0.228. The van der Waals surface area contributed by atoms with Crippen LogP contribution in [0.2, 0.25) is 0 Å². The summed E-state index contributed by atoms with van der Waals surface area (Å²) in [5.41, 5.74) is 0. The van der Waals surface area contributed by atoms with Gasteiger partial charge in [-0.3, -0.25) is 9.69 Å². The van der Waals surface area contributed by atoms with Crippen LogP contribution in [0.3, 0.4) is 0 Å². The van der Waals surface area contributed by atoms with E-state index in [9.17, 15) is 4.79 Å². The molecule has 1 N–H and O–H groups in total. The Hall–Kier alpha value is -0.610. The molecular formula is C15H29N3O. The largest absolute Gasteiger partial charge is 0.351 e. The van der Waals surface area contributed by atoms with E-state index in [0.717, 1.165) is 19.5 Å². The number of nitrogens with one attached hydrogen (secondary N) is 1. The molecule has 2 heterocycles. The van der Waals surface area contributed by atoms with Crippen LogP contribution in [0.25, 0.3) is 0 Å². The molecule has 0 aromatic heterocycles. The summed E-state index contributed by atoms with van der Waals surface area (Å²) < 4.78 is 0. The van der Waals surface area contributed by atoms with Crippen LogP contribution < -0.4 is 5.32 Å². The van der Waals surface area contributed by atoms with Gasteiger partial charge in [0.25, 0.3) is 0 Å². The Morgan fingerprint density at radius 2 is 1.84 bits per heavy atom. The molecule has 1 amide bonds. The third-order valence-electron chi connectivity index (χ3n) is 4.44. The van der Waals surface area contributed by atoms with E-state index in [2.05, 4.69) is 29.1 Å². The summed E-state index contributed by atoms with van der Waals surface area (Å²) in [7, 11) is 2.07. The number of likely N-dealkylation sites (tertiary alicyclic amines) is 2. The highest BCUT2D eigenvalue weighted by Crippen LogP contribution is 2.15. The molecule has 0 radical (unpaired) electrons. The van der Waals surface area contributed by atoms with Gasteiger partial charge in [0.05, 0.1) is 6.04 Å². The van der Waals surface area contributed by atoms with Crippen molar-refractivity contribution in [1.29, 1.82) is 0 Å². The van der Waals surface area contributed by atoms with Crippen molar-refractivity contribution in [2.75, 3.05) is 33.2 Å². The number of amides is 1. The molecule has 0 aromatic carbocycles. The van der Waals surface area contributed by atoms with Crippen LogP contribution in [-0.4, -0.2) is 61.0 Å². The van der Waals surface area contributed by atoms with E-state index in [1.54, 1.807) is 0 Å². The Bertz CT molecular complexity index is 289. The molecule has 0 bridgehead atoms. The minimum Gasteiger partial charge on any atom is -0.351 e. The van der Waals surface area contributed by atoms with E-state index in [-0.39, 0.29) is 18.0 Å². The maximum Gasteiger partial charge on any atom is 0.237 e. The molecule has 110 valence electrons. The number of hydrogen-bond donors (Lipinski definition) is 1. The van der Waals surface area contributed by atoms with Gasteiger partial charge in [-0.15, -0.1) is 0 Å². The van der Waals surface area contributed by atoms with Crippen molar-refractivity contribution in [3.05, 3.63) is 0 Å². The minimum absolute atomic E-state index is 0.0950. The van der Waals surface area contributed by atoms with Gasteiger partial charge in [0, 0.05) is 12.6 Å². The number of likely N-dealkylation sites (N-methyl/N-ethyl adjacent to an activating group) is 1. The SMILES string of the molecule is CC(CN1CCCCC1)NC(=O)C1CCCCN1C. The zero-order valence-corrected chi connectivity index (χ0v) is 12.5. The molecule has 0 aliphatic carbocycles. The van der Waals surface area contributed by atoms with Crippen LogP contribution in [0.1, 0.15) is 45.4 Å². The van der Waals surface area contributed by atoms with Gasteiger partial charge < -0.3 is 10.2 Å². The highest BCUT2D eigenvalue weighted by molar-refractivity contribution is 5.82. The fourth-order valence-corrected chi connectivity index (χ4v) is 3.32. The molecule has 0 saturated carbocycles. The standard InChI is InChI=1S/C15H29N3O/c1-13(12-18-10-5-3-6-11-18)16-15(19)14-8-4-7-9-17(14)2/h13-14H,3-12H2,1-2H3,(H,16,19). The lowest BCUT2D eigenvalue weighted by Gasteiger charge is -2.33. The lowest BCUT2D eigenvalue weighted by atomic mass is 10.0. The van der Waals surface area contributed by atoms with Crippen molar-refractivity contribution in [1.82, 2.24) is 15.1 Å². The maximum atomic E-state index is 12.3. The summed E-state index contributed by atoms with van der Waals surface area (Å²) in [5, 5.41) is 3.21. The number of rotatable bonds is 4. The summed E-state index contributed by atoms with van der Waals surface area (Å²) in [6, 6.07) is 0.360. The van der Waals surface area contributed by atoms with Crippen LogP contribution in [0.4, 0.5) is 0 Å². The Morgan fingerprint density at radius 1 is 1.16 bits per heavy atom. The normalized spacial score (nSPS) is 28.0. The third-order valence-corrected chi connectivity index (χ3v) is 4.44. The van der Waals surface area contributed by atoms with Gasteiger partial charge in [0.15, 0.2) is 0 Å².